The molecule has 1 N–H and O–H groups in total. The normalized spacial score (nSPS) is 19.6. The number of likely N-dealkylation sites (tertiary alicyclic amines) is 1. The Balaban J connectivity index is 1.99. The number of halogens is 1. The average molecular weight is 297 g/mol. The molecular weight excluding hydrogens is 276 g/mol. The summed E-state index contributed by atoms with van der Waals surface area (Å²) in [7, 11) is 3.53. The van der Waals surface area contributed by atoms with Crippen LogP contribution in [0.2, 0.25) is 5.02 Å². The molecule has 1 aliphatic heterocycles. The predicted octanol–water partition coefficient (Wildman–Crippen LogP) is 2.88. The van der Waals surface area contributed by atoms with Crippen LogP contribution < -0.4 is 5.32 Å². The van der Waals surface area contributed by atoms with Gasteiger partial charge in [0.25, 0.3) is 0 Å². The van der Waals surface area contributed by atoms with Crippen LogP contribution in [0, 0.1) is 5.92 Å². The molecule has 1 saturated heterocycles. The number of rotatable bonds is 4. The van der Waals surface area contributed by atoms with Crippen LogP contribution in [-0.4, -0.2) is 44.7 Å². The van der Waals surface area contributed by atoms with Gasteiger partial charge < -0.3 is 15.0 Å². The number of carbonyl (C=O) groups excluding carboxylic acids is 1. The van der Waals surface area contributed by atoms with Crippen molar-refractivity contribution in [2.24, 2.45) is 5.92 Å². The third-order valence-electron chi connectivity index (χ3n) is 3.69. The Hall–Kier alpha value is -1.26. The number of methoxy groups -OCH3 is 1. The molecule has 1 aromatic rings. The predicted molar refractivity (Wildman–Crippen MR) is 81.5 cm³/mol. The molecule has 1 heterocycles. The summed E-state index contributed by atoms with van der Waals surface area (Å²) in [5.41, 5.74) is 1.31. The Bertz CT molecular complexity index is 479. The molecule has 0 aromatic heterocycles. The summed E-state index contributed by atoms with van der Waals surface area (Å²) in [4.78, 5) is 13.9. The zero-order valence-corrected chi connectivity index (χ0v) is 12.7. The highest BCUT2D eigenvalue weighted by Crippen LogP contribution is 2.24. The molecule has 1 atom stereocenters. The first kappa shape index (κ1) is 15.1. The van der Waals surface area contributed by atoms with E-state index < -0.39 is 0 Å². The van der Waals surface area contributed by atoms with Crippen molar-refractivity contribution < 1.29 is 9.53 Å². The minimum atomic E-state index is -0.345. The maximum absolute atomic E-state index is 11.5. The van der Waals surface area contributed by atoms with Crippen molar-refractivity contribution in [2.45, 2.75) is 12.8 Å². The molecular formula is C15H21ClN2O2. The van der Waals surface area contributed by atoms with E-state index in [2.05, 4.69) is 17.3 Å². The first-order chi connectivity index (χ1) is 9.60. The quantitative estimate of drug-likeness (QED) is 0.868. The van der Waals surface area contributed by atoms with Crippen molar-refractivity contribution in [2.75, 3.05) is 39.1 Å². The number of anilines is 1. The van der Waals surface area contributed by atoms with Gasteiger partial charge in [0.05, 0.1) is 23.4 Å². The minimum absolute atomic E-state index is 0.345. The van der Waals surface area contributed by atoms with Crippen molar-refractivity contribution in [1.82, 2.24) is 4.90 Å². The van der Waals surface area contributed by atoms with Crippen LogP contribution >= 0.6 is 11.6 Å². The van der Waals surface area contributed by atoms with Crippen LogP contribution in [-0.2, 0) is 4.74 Å². The summed E-state index contributed by atoms with van der Waals surface area (Å²) in [6.45, 7) is 3.14. The van der Waals surface area contributed by atoms with Crippen molar-refractivity contribution in [3.05, 3.63) is 28.8 Å². The lowest BCUT2D eigenvalue weighted by atomic mass is 9.98. The van der Waals surface area contributed by atoms with E-state index in [0.29, 0.717) is 16.5 Å². The lowest BCUT2D eigenvalue weighted by Crippen LogP contribution is -2.35. The van der Waals surface area contributed by atoms with E-state index in [0.717, 1.165) is 18.8 Å². The second kappa shape index (κ2) is 6.95. The van der Waals surface area contributed by atoms with E-state index in [9.17, 15) is 4.79 Å². The van der Waals surface area contributed by atoms with Crippen molar-refractivity contribution in [3.63, 3.8) is 0 Å². The zero-order valence-electron chi connectivity index (χ0n) is 12.0. The monoisotopic (exact) mass is 296 g/mol. The van der Waals surface area contributed by atoms with Gasteiger partial charge in [-0.25, -0.2) is 4.79 Å². The Kier molecular flexibility index (Phi) is 5.26. The molecule has 0 aliphatic carbocycles. The molecule has 110 valence electrons. The topological polar surface area (TPSA) is 41.6 Å². The molecule has 0 saturated carbocycles. The number of hydrogen-bond donors (Lipinski definition) is 1. The van der Waals surface area contributed by atoms with Crippen LogP contribution in [0.5, 0.6) is 0 Å². The lowest BCUT2D eigenvalue weighted by molar-refractivity contribution is 0.0601. The Morgan fingerprint density at radius 3 is 3.05 bits per heavy atom. The van der Waals surface area contributed by atoms with Gasteiger partial charge >= 0.3 is 5.97 Å². The molecule has 0 radical (unpaired) electrons. The number of nitrogens with one attached hydrogen (secondary N) is 1. The molecule has 2 rings (SSSR count). The van der Waals surface area contributed by atoms with Gasteiger partial charge in [-0.15, -0.1) is 0 Å². The number of carbonyl (C=O) groups is 1. The smallest absolute Gasteiger partial charge is 0.337 e. The maximum Gasteiger partial charge on any atom is 0.337 e. The van der Waals surface area contributed by atoms with Crippen LogP contribution in [0.25, 0.3) is 0 Å². The molecule has 1 aromatic carbocycles. The standard InChI is InChI=1S/C15H21ClN2O2/c1-18-7-3-4-11(10-18)9-17-14-8-12(15(19)20-2)5-6-13(14)16/h5-6,8,11,17H,3-4,7,9-10H2,1-2H3. The van der Waals surface area contributed by atoms with Crippen molar-refractivity contribution in [3.8, 4) is 0 Å². The molecule has 1 aliphatic rings. The maximum atomic E-state index is 11.5. The highest BCUT2D eigenvalue weighted by molar-refractivity contribution is 6.33. The minimum Gasteiger partial charge on any atom is -0.465 e. The fourth-order valence-corrected chi connectivity index (χ4v) is 2.78. The molecule has 5 heteroatoms. The molecule has 1 unspecified atom stereocenters. The Labute approximate surface area is 125 Å². The van der Waals surface area contributed by atoms with E-state index in [1.54, 1.807) is 18.2 Å². The molecule has 1 fully saturated rings. The van der Waals surface area contributed by atoms with Gasteiger partial charge in [0.2, 0.25) is 0 Å². The summed E-state index contributed by atoms with van der Waals surface area (Å²) < 4.78 is 4.72. The molecule has 0 bridgehead atoms. The van der Waals surface area contributed by atoms with Crippen LogP contribution in [0.15, 0.2) is 18.2 Å². The zero-order chi connectivity index (χ0) is 14.5. The molecule has 4 nitrogen and oxygen atoms in total. The number of nitrogens with zero attached hydrogens (tertiary/aromatic N) is 1. The number of benzene rings is 1. The Morgan fingerprint density at radius 1 is 1.55 bits per heavy atom. The van der Waals surface area contributed by atoms with Gasteiger partial charge in [0, 0.05) is 13.1 Å². The third kappa shape index (κ3) is 3.87. The van der Waals surface area contributed by atoms with E-state index >= 15 is 0 Å². The van der Waals surface area contributed by atoms with Gasteiger partial charge in [0.15, 0.2) is 0 Å². The summed E-state index contributed by atoms with van der Waals surface area (Å²) in [6, 6.07) is 5.15. The van der Waals surface area contributed by atoms with Crippen molar-refractivity contribution in [1.29, 1.82) is 0 Å². The lowest BCUT2D eigenvalue weighted by Gasteiger charge is -2.30. The van der Waals surface area contributed by atoms with Crippen LogP contribution in [0.3, 0.4) is 0 Å². The van der Waals surface area contributed by atoms with Crippen LogP contribution in [0.1, 0.15) is 23.2 Å². The van der Waals surface area contributed by atoms with E-state index in [1.165, 1.54) is 26.5 Å². The van der Waals surface area contributed by atoms with Gasteiger partial charge in [-0.3, -0.25) is 0 Å². The third-order valence-corrected chi connectivity index (χ3v) is 4.02. The summed E-state index contributed by atoms with van der Waals surface area (Å²) in [5.74, 6) is 0.272. The van der Waals surface area contributed by atoms with Crippen LogP contribution in [0.4, 0.5) is 5.69 Å². The number of piperidine rings is 1. The van der Waals surface area contributed by atoms with Gasteiger partial charge in [-0.05, 0) is 50.6 Å². The van der Waals surface area contributed by atoms with Gasteiger partial charge in [-0.2, -0.15) is 0 Å². The SMILES string of the molecule is COC(=O)c1ccc(Cl)c(NCC2CCCN(C)C2)c1. The second-order valence-corrected chi connectivity index (χ2v) is 5.74. The van der Waals surface area contributed by atoms with E-state index in [4.69, 9.17) is 16.3 Å². The second-order valence-electron chi connectivity index (χ2n) is 5.34. The van der Waals surface area contributed by atoms with E-state index in [1.807, 2.05) is 0 Å². The van der Waals surface area contributed by atoms with Gasteiger partial charge in [-0.1, -0.05) is 11.6 Å². The number of hydrogen-bond acceptors (Lipinski definition) is 4. The molecule has 0 amide bonds. The first-order valence-electron chi connectivity index (χ1n) is 6.90. The number of ether oxygens (including phenoxy) is 1. The largest absolute Gasteiger partial charge is 0.465 e. The Morgan fingerprint density at radius 2 is 2.35 bits per heavy atom. The fraction of sp³-hybridized carbons (Fsp3) is 0.533. The first-order valence-corrected chi connectivity index (χ1v) is 7.28. The van der Waals surface area contributed by atoms with Gasteiger partial charge in [0.1, 0.15) is 0 Å². The summed E-state index contributed by atoms with van der Waals surface area (Å²) in [6.07, 6.45) is 2.46. The van der Waals surface area contributed by atoms with E-state index in [-0.39, 0.29) is 5.97 Å². The van der Waals surface area contributed by atoms with Crippen molar-refractivity contribution >= 4 is 23.3 Å². The summed E-state index contributed by atoms with van der Waals surface area (Å²) in [5, 5.41) is 3.98. The molecule has 0 spiro atoms. The summed E-state index contributed by atoms with van der Waals surface area (Å²) >= 11 is 6.17. The highest BCUT2D eigenvalue weighted by atomic mass is 35.5. The molecule has 20 heavy (non-hydrogen) atoms. The fourth-order valence-electron chi connectivity index (χ4n) is 2.60. The highest BCUT2D eigenvalue weighted by Gasteiger charge is 2.17. The number of esters is 1. The average Bonchev–Trinajstić information content (AvgIpc) is 2.45.